The van der Waals surface area contributed by atoms with Crippen molar-refractivity contribution in [2.45, 2.75) is 40.2 Å². The van der Waals surface area contributed by atoms with Crippen LogP contribution < -0.4 is 4.74 Å². The maximum Gasteiger partial charge on any atom is 0.127 e. The average Bonchev–Trinajstić information content (AvgIpc) is 2.48. The summed E-state index contributed by atoms with van der Waals surface area (Å²) in [4.78, 5) is 0. The highest BCUT2D eigenvalue weighted by Gasteiger charge is 2.35. The zero-order valence-electron chi connectivity index (χ0n) is 9.86. The average molecular weight is 204 g/mol. The van der Waals surface area contributed by atoms with E-state index in [2.05, 4.69) is 6.42 Å². The third kappa shape index (κ3) is 1.39. The molecule has 2 heteroatoms. The van der Waals surface area contributed by atoms with Gasteiger partial charge >= 0.3 is 0 Å². The predicted molar refractivity (Wildman–Crippen MR) is 59.4 cm³/mol. The normalized spacial score (nSPS) is 17.4. The Hall–Kier alpha value is -1.18. The number of benzene rings is 1. The van der Waals surface area contributed by atoms with Gasteiger partial charge in [-0.15, -0.1) is 0 Å². The Morgan fingerprint density at radius 1 is 1.07 bits per heavy atom. The molecule has 1 aliphatic heterocycles. The van der Waals surface area contributed by atoms with Crippen molar-refractivity contribution >= 4 is 0 Å². The highest BCUT2D eigenvalue weighted by molar-refractivity contribution is 5.62. The number of phenolic OH excluding ortho intramolecular Hbond substituents is 1. The van der Waals surface area contributed by atoms with Crippen LogP contribution in [-0.2, 0) is 0 Å². The minimum Gasteiger partial charge on any atom is -0.507 e. The summed E-state index contributed by atoms with van der Waals surface area (Å²) in [5.74, 6) is 1.23. The zero-order valence-corrected chi connectivity index (χ0v) is 9.86. The molecule has 0 aliphatic carbocycles. The number of rotatable bonds is 0. The van der Waals surface area contributed by atoms with Gasteiger partial charge in [-0.25, -0.2) is 0 Å². The van der Waals surface area contributed by atoms with E-state index in [9.17, 15) is 5.11 Å². The van der Waals surface area contributed by atoms with Gasteiger partial charge in [-0.2, -0.15) is 0 Å². The standard InChI is InChI=1S/C13H16O2/c1-7-8(2)12-10(9(3)11(7)14)6-13(4,5)15-12/h14H,1-5H3. The number of fused-ring (bicyclic) bond motifs is 1. The maximum atomic E-state index is 9.93. The third-order valence-electron chi connectivity index (χ3n) is 3.00. The Labute approximate surface area is 90.9 Å². The van der Waals surface area contributed by atoms with Crippen molar-refractivity contribution < 1.29 is 9.84 Å². The first kappa shape index (κ1) is 10.3. The molecular formula is C13H16O2. The van der Waals surface area contributed by atoms with Gasteiger partial charge in [0.1, 0.15) is 17.1 Å². The van der Waals surface area contributed by atoms with Crippen molar-refractivity contribution in [2.24, 2.45) is 0 Å². The van der Waals surface area contributed by atoms with E-state index in [1.807, 2.05) is 34.6 Å². The summed E-state index contributed by atoms with van der Waals surface area (Å²) in [6, 6.07) is 0. The monoisotopic (exact) mass is 204 g/mol. The second-order valence-corrected chi connectivity index (χ2v) is 4.67. The van der Waals surface area contributed by atoms with Crippen LogP contribution in [0.3, 0.4) is 0 Å². The molecule has 1 aromatic rings. The first-order chi connectivity index (χ1) is 6.83. The van der Waals surface area contributed by atoms with Crippen LogP contribution in [0.5, 0.6) is 11.5 Å². The SMILES string of the molecule is Cc1c(C)c2c(c(C)c1O)[C]C(C)(C)O2. The highest BCUT2D eigenvalue weighted by Crippen LogP contribution is 2.45. The van der Waals surface area contributed by atoms with Crippen LogP contribution in [0.4, 0.5) is 0 Å². The molecule has 0 saturated heterocycles. The molecule has 2 radical (unpaired) electrons. The van der Waals surface area contributed by atoms with Gasteiger partial charge in [-0.05, 0) is 51.3 Å². The first-order valence-electron chi connectivity index (χ1n) is 5.13. The van der Waals surface area contributed by atoms with E-state index in [-0.39, 0.29) is 0 Å². The van der Waals surface area contributed by atoms with Crippen molar-refractivity contribution in [3.05, 3.63) is 28.7 Å². The Morgan fingerprint density at radius 3 is 2.27 bits per heavy atom. The minimum atomic E-state index is -0.391. The third-order valence-corrected chi connectivity index (χ3v) is 3.00. The van der Waals surface area contributed by atoms with E-state index in [4.69, 9.17) is 4.74 Å². The fourth-order valence-corrected chi connectivity index (χ4v) is 1.97. The Kier molecular flexibility index (Phi) is 2.00. The van der Waals surface area contributed by atoms with Gasteiger partial charge in [0.05, 0.1) is 6.42 Å². The summed E-state index contributed by atoms with van der Waals surface area (Å²) < 4.78 is 5.82. The van der Waals surface area contributed by atoms with E-state index in [0.717, 1.165) is 28.0 Å². The topological polar surface area (TPSA) is 29.5 Å². The van der Waals surface area contributed by atoms with Gasteiger partial charge in [0, 0.05) is 5.56 Å². The Balaban J connectivity index is 2.69. The Bertz CT molecular complexity index is 392. The van der Waals surface area contributed by atoms with Crippen LogP contribution >= 0.6 is 0 Å². The smallest absolute Gasteiger partial charge is 0.127 e. The second kappa shape index (κ2) is 2.91. The predicted octanol–water partition coefficient (Wildman–Crippen LogP) is 2.92. The lowest BCUT2D eigenvalue weighted by atomic mass is 9.93. The molecule has 1 N–H and O–H groups in total. The van der Waals surface area contributed by atoms with Crippen LogP contribution in [0.2, 0.25) is 0 Å². The molecule has 0 saturated carbocycles. The first-order valence-corrected chi connectivity index (χ1v) is 5.13. The lowest BCUT2D eigenvalue weighted by molar-refractivity contribution is 0.169. The summed E-state index contributed by atoms with van der Waals surface area (Å²) in [6.45, 7) is 9.72. The molecule has 0 spiro atoms. The fourth-order valence-electron chi connectivity index (χ4n) is 1.97. The molecule has 0 bridgehead atoms. The van der Waals surface area contributed by atoms with Crippen molar-refractivity contribution in [2.75, 3.05) is 0 Å². The van der Waals surface area contributed by atoms with Crippen LogP contribution in [-0.4, -0.2) is 10.7 Å². The second-order valence-electron chi connectivity index (χ2n) is 4.67. The fraction of sp³-hybridized carbons (Fsp3) is 0.462. The largest absolute Gasteiger partial charge is 0.507 e. The summed E-state index contributed by atoms with van der Waals surface area (Å²) >= 11 is 0. The molecule has 1 heterocycles. The van der Waals surface area contributed by atoms with E-state index in [0.29, 0.717) is 5.75 Å². The molecule has 1 aromatic carbocycles. The molecule has 2 nitrogen and oxygen atoms in total. The van der Waals surface area contributed by atoms with Gasteiger partial charge in [0.25, 0.3) is 0 Å². The summed E-state index contributed by atoms with van der Waals surface area (Å²) in [6.07, 6.45) is 3.27. The summed E-state index contributed by atoms with van der Waals surface area (Å²) in [7, 11) is 0. The highest BCUT2D eigenvalue weighted by atomic mass is 16.5. The lowest BCUT2D eigenvalue weighted by Crippen LogP contribution is -2.23. The maximum absolute atomic E-state index is 9.93. The molecule has 0 atom stereocenters. The van der Waals surface area contributed by atoms with Gasteiger partial charge in [-0.1, -0.05) is 0 Å². The Morgan fingerprint density at radius 2 is 1.67 bits per heavy atom. The van der Waals surface area contributed by atoms with E-state index in [1.54, 1.807) is 0 Å². The number of ether oxygens (including phenoxy) is 1. The van der Waals surface area contributed by atoms with E-state index >= 15 is 0 Å². The molecule has 0 aromatic heterocycles. The van der Waals surface area contributed by atoms with Crippen molar-refractivity contribution in [3.63, 3.8) is 0 Å². The summed E-state index contributed by atoms with van der Waals surface area (Å²) in [5, 5.41) is 9.93. The number of hydrogen-bond donors (Lipinski definition) is 1. The minimum absolute atomic E-state index is 0.361. The molecule has 0 fully saturated rings. The molecule has 0 amide bonds. The molecular weight excluding hydrogens is 188 g/mol. The van der Waals surface area contributed by atoms with Crippen molar-refractivity contribution in [1.29, 1.82) is 0 Å². The number of phenols is 1. The summed E-state index contributed by atoms with van der Waals surface area (Å²) in [5.41, 5.74) is 3.29. The lowest BCUT2D eigenvalue weighted by Gasteiger charge is -2.17. The number of hydrogen-bond acceptors (Lipinski definition) is 2. The van der Waals surface area contributed by atoms with Crippen LogP contribution in [0, 0.1) is 27.2 Å². The van der Waals surface area contributed by atoms with Crippen molar-refractivity contribution in [3.8, 4) is 11.5 Å². The quantitative estimate of drug-likeness (QED) is 0.704. The van der Waals surface area contributed by atoms with Crippen LogP contribution in [0.1, 0.15) is 36.1 Å². The van der Waals surface area contributed by atoms with E-state index in [1.165, 1.54) is 0 Å². The van der Waals surface area contributed by atoms with Gasteiger partial charge in [-0.3, -0.25) is 0 Å². The number of aromatic hydroxyl groups is 1. The van der Waals surface area contributed by atoms with Crippen molar-refractivity contribution in [1.82, 2.24) is 0 Å². The van der Waals surface area contributed by atoms with Crippen LogP contribution in [0.25, 0.3) is 0 Å². The molecule has 2 rings (SSSR count). The molecule has 80 valence electrons. The zero-order chi connectivity index (χ0) is 11.4. The van der Waals surface area contributed by atoms with Gasteiger partial charge < -0.3 is 9.84 Å². The van der Waals surface area contributed by atoms with Gasteiger partial charge in [0.15, 0.2) is 0 Å². The van der Waals surface area contributed by atoms with Crippen LogP contribution in [0.15, 0.2) is 0 Å². The molecule has 0 unspecified atom stereocenters. The van der Waals surface area contributed by atoms with E-state index < -0.39 is 5.60 Å². The molecule has 1 aliphatic rings. The molecule has 15 heavy (non-hydrogen) atoms. The van der Waals surface area contributed by atoms with Gasteiger partial charge in [0.2, 0.25) is 0 Å².